The van der Waals surface area contributed by atoms with E-state index in [1.54, 1.807) is 6.07 Å². The summed E-state index contributed by atoms with van der Waals surface area (Å²) in [5, 5.41) is 0. The molecule has 0 aliphatic heterocycles. The van der Waals surface area contributed by atoms with E-state index in [0.29, 0.717) is 24.8 Å². The quantitative estimate of drug-likeness (QED) is 0.257. The maximum absolute atomic E-state index is 13.0. The number of carbonyl (C=O) groups is 1. The van der Waals surface area contributed by atoms with E-state index in [4.69, 9.17) is 4.74 Å². The summed E-state index contributed by atoms with van der Waals surface area (Å²) in [5.74, 6) is -0.871. The number of halogens is 3. The highest BCUT2D eigenvalue weighted by Gasteiger charge is 2.48. The van der Waals surface area contributed by atoms with Gasteiger partial charge >= 0.3 is 21.6 Å². The molecule has 1 aliphatic carbocycles. The third-order valence-electron chi connectivity index (χ3n) is 5.04. The first kappa shape index (κ1) is 22.9. The van der Waals surface area contributed by atoms with E-state index in [9.17, 15) is 26.4 Å². The van der Waals surface area contributed by atoms with Crippen molar-refractivity contribution < 1.29 is 35.3 Å². The maximum Gasteiger partial charge on any atom is 0.534 e. The molecule has 1 unspecified atom stereocenters. The monoisotopic (exact) mass is 454 g/mol. The second-order valence-electron chi connectivity index (χ2n) is 7.36. The third kappa shape index (κ3) is 5.66. The van der Waals surface area contributed by atoms with Gasteiger partial charge in [-0.3, -0.25) is 4.79 Å². The lowest BCUT2D eigenvalue weighted by Gasteiger charge is -2.32. The van der Waals surface area contributed by atoms with Gasteiger partial charge in [0.15, 0.2) is 0 Å². The highest BCUT2D eigenvalue weighted by molar-refractivity contribution is 7.88. The van der Waals surface area contributed by atoms with E-state index in [-0.39, 0.29) is 13.0 Å². The van der Waals surface area contributed by atoms with Gasteiger partial charge in [0.1, 0.15) is 12.4 Å². The molecule has 0 spiro atoms. The smallest absolute Gasteiger partial charge is 0.460 e. The van der Waals surface area contributed by atoms with Crippen molar-refractivity contribution in [2.75, 3.05) is 0 Å². The van der Waals surface area contributed by atoms with Gasteiger partial charge in [-0.1, -0.05) is 54.6 Å². The van der Waals surface area contributed by atoms with Crippen LogP contribution >= 0.6 is 0 Å². The van der Waals surface area contributed by atoms with E-state index in [2.05, 4.69) is 4.18 Å². The highest BCUT2D eigenvalue weighted by Crippen LogP contribution is 2.39. The molecule has 2 aromatic rings. The molecular weight excluding hydrogens is 433 g/mol. The molecule has 1 atom stereocenters. The lowest BCUT2D eigenvalue weighted by Crippen LogP contribution is -2.36. The molecule has 1 aliphatic rings. The van der Waals surface area contributed by atoms with Gasteiger partial charge in [-0.2, -0.15) is 21.6 Å². The summed E-state index contributed by atoms with van der Waals surface area (Å²) in [6.07, 6.45) is 5.57. The van der Waals surface area contributed by atoms with Crippen molar-refractivity contribution in [3.05, 3.63) is 77.9 Å². The van der Waals surface area contributed by atoms with Crippen LogP contribution in [0.5, 0.6) is 5.75 Å². The average Bonchev–Trinajstić information content (AvgIpc) is 2.72. The van der Waals surface area contributed by atoms with Crippen LogP contribution in [-0.2, 0) is 32.7 Å². The zero-order valence-corrected chi connectivity index (χ0v) is 17.3. The van der Waals surface area contributed by atoms with Gasteiger partial charge in [-0.25, -0.2) is 0 Å². The van der Waals surface area contributed by atoms with E-state index in [0.717, 1.165) is 11.6 Å². The Morgan fingerprint density at radius 3 is 2.35 bits per heavy atom. The Kier molecular flexibility index (Phi) is 6.74. The fourth-order valence-corrected chi connectivity index (χ4v) is 3.91. The normalized spacial score (nSPS) is 19.1. The number of rotatable bonds is 7. The van der Waals surface area contributed by atoms with Gasteiger partial charge in [-0.15, -0.1) is 0 Å². The summed E-state index contributed by atoms with van der Waals surface area (Å²) in [5.41, 5.74) is -5.11. The molecule has 166 valence electrons. The predicted octanol–water partition coefficient (Wildman–Crippen LogP) is 4.93. The van der Waals surface area contributed by atoms with Gasteiger partial charge in [0.25, 0.3) is 0 Å². The SMILES string of the molecule is O=C(OCc1ccccc1)C1(Cc2cccc(OS(=O)(=O)C(F)(F)F)c2)CC=CCC1. The summed E-state index contributed by atoms with van der Waals surface area (Å²) < 4.78 is 70.1. The first-order valence-corrected chi connectivity index (χ1v) is 11.0. The van der Waals surface area contributed by atoms with Crippen LogP contribution in [0, 0.1) is 5.41 Å². The van der Waals surface area contributed by atoms with Crippen molar-refractivity contribution in [1.29, 1.82) is 0 Å². The number of esters is 1. The molecule has 0 saturated heterocycles. The van der Waals surface area contributed by atoms with E-state index in [1.807, 2.05) is 42.5 Å². The zero-order valence-electron chi connectivity index (χ0n) is 16.5. The fourth-order valence-electron chi connectivity index (χ4n) is 3.45. The van der Waals surface area contributed by atoms with Crippen LogP contribution in [0.25, 0.3) is 0 Å². The summed E-state index contributed by atoms with van der Waals surface area (Å²) in [7, 11) is -5.77. The molecule has 31 heavy (non-hydrogen) atoms. The molecule has 0 fully saturated rings. The summed E-state index contributed by atoms with van der Waals surface area (Å²) in [6.45, 7) is 0.109. The van der Waals surface area contributed by atoms with Crippen LogP contribution < -0.4 is 4.18 Å². The maximum atomic E-state index is 13.0. The lowest BCUT2D eigenvalue weighted by molar-refractivity contribution is -0.158. The van der Waals surface area contributed by atoms with Crippen molar-refractivity contribution in [3.63, 3.8) is 0 Å². The summed E-state index contributed by atoms with van der Waals surface area (Å²) >= 11 is 0. The molecular formula is C22H21F3O5S. The van der Waals surface area contributed by atoms with Gasteiger partial charge in [0.2, 0.25) is 0 Å². The fraction of sp³-hybridized carbons (Fsp3) is 0.318. The van der Waals surface area contributed by atoms with Gasteiger partial charge in [0.05, 0.1) is 5.41 Å². The minimum Gasteiger partial charge on any atom is -0.460 e. The van der Waals surface area contributed by atoms with Crippen LogP contribution in [0.2, 0.25) is 0 Å². The Balaban J connectivity index is 1.78. The summed E-state index contributed by atoms with van der Waals surface area (Å²) in [4.78, 5) is 13.0. The molecule has 2 aromatic carbocycles. The number of ether oxygens (including phenoxy) is 1. The van der Waals surface area contributed by atoms with Gasteiger partial charge < -0.3 is 8.92 Å². The van der Waals surface area contributed by atoms with Gasteiger partial charge in [-0.05, 0) is 48.9 Å². The molecule has 0 N–H and O–H groups in total. The van der Waals surface area contributed by atoms with Crippen LogP contribution in [0.1, 0.15) is 30.4 Å². The molecule has 0 amide bonds. The van der Waals surface area contributed by atoms with E-state index < -0.39 is 32.8 Å². The molecule has 0 heterocycles. The minimum absolute atomic E-state index is 0.109. The van der Waals surface area contributed by atoms with Crippen molar-refractivity contribution in [2.24, 2.45) is 5.41 Å². The van der Waals surface area contributed by atoms with Crippen LogP contribution in [0.3, 0.4) is 0 Å². The number of carbonyl (C=O) groups excluding carboxylic acids is 1. The molecule has 0 bridgehead atoms. The first-order valence-electron chi connectivity index (χ1n) is 9.57. The highest BCUT2D eigenvalue weighted by atomic mass is 32.2. The minimum atomic E-state index is -5.77. The molecule has 0 radical (unpaired) electrons. The Morgan fingerprint density at radius 2 is 1.71 bits per heavy atom. The number of benzene rings is 2. The Bertz CT molecular complexity index is 1050. The van der Waals surface area contributed by atoms with Crippen molar-refractivity contribution in [2.45, 2.75) is 37.8 Å². The molecule has 9 heteroatoms. The number of allylic oxidation sites excluding steroid dienone is 2. The number of hydrogen-bond acceptors (Lipinski definition) is 5. The number of alkyl halides is 3. The standard InChI is InChI=1S/C22H21F3O5S/c23-22(24,25)31(27,28)30-19-11-7-10-18(14-19)15-21(12-5-2-6-13-21)20(26)29-16-17-8-3-1-4-9-17/h1-5,7-11,14H,6,12-13,15-16H2. The second kappa shape index (κ2) is 9.13. The van der Waals surface area contributed by atoms with Crippen molar-refractivity contribution in [1.82, 2.24) is 0 Å². The van der Waals surface area contributed by atoms with Crippen molar-refractivity contribution in [3.8, 4) is 5.75 Å². The van der Waals surface area contributed by atoms with Gasteiger partial charge in [0, 0.05) is 0 Å². The van der Waals surface area contributed by atoms with Crippen LogP contribution in [0.4, 0.5) is 13.2 Å². The lowest BCUT2D eigenvalue weighted by atomic mass is 9.72. The molecule has 0 aromatic heterocycles. The largest absolute Gasteiger partial charge is 0.534 e. The summed E-state index contributed by atoms with van der Waals surface area (Å²) in [6, 6.07) is 14.5. The van der Waals surface area contributed by atoms with Crippen LogP contribution in [-0.4, -0.2) is 19.9 Å². The topological polar surface area (TPSA) is 69.7 Å². The second-order valence-corrected chi connectivity index (χ2v) is 8.90. The average molecular weight is 454 g/mol. The molecule has 3 rings (SSSR count). The van der Waals surface area contributed by atoms with E-state index >= 15 is 0 Å². The Hall–Kier alpha value is -2.81. The molecule has 0 saturated carbocycles. The van der Waals surface area contributed by atoms with E-state index in [1.165, 1.54) is 12.1 Å². The Labute approximate surface area is 178 Å². The first-order chi connectivity index (χ1) is 14.6. The molecule has 5 nitrogen and oxygen atoms in total. The van der Waals surface area contributed by atoms with Crippen molar-refractivity contribution >= 4 is 16.1 Å². The Morgan fingerprint density at radius 1 is 1.00 bits per heavy atom. The predicted molar refractivity (Wildman–Crippen MR) is 107 cm³/mol. The zero-order chi connectivity index (χ0) is 22.5. The third-order valence-corrected chi connectivity index (χ3v) is 6.02. The van der Waals surface area contributed by atoms with Crippen LogP contribution in [0.15, 0.2) is 66.7 Å². The number of hydrogen-bond donors (Lipinski definition) is 0.